The maximum Gasteiger partial charge on any atom is 0.137 e. The summed E-state index contributed by atoms with van der Waals surface area (Å²) < 4.78 is 5.16. The van der Waals surface area contributed by atoms with Gasteiger partial charge in [0, 0.05) is 0 Å². The highest BCUT2D eigenvalue weighted by molar-refractivity contribution is 5.28. The van der Waals surface area contributed by atoms with Crippen LogP contribution in [0, 0.1) is 0 Å². The van der Waals surface area contributed by atoms with Crippen molar-refractivity contribution < 1.29 is 9.52 Å². The molecule has 1 aromatic heterocycles. The summed E-state index contributed by atoms with van der Waals surface area (Å²) in [5.74, 6) is 0.583. The van der Waals surface area contributed by atoms with E-state index in [0.717, 1.165) is 12.0 Å². The number of benzene rings is 1. The summed E-state index contributed by atoms with van der Waals surface area (Å²) >= 11 is 0. The Bertz CT molecular complexity index is 401. The minimum absolute atomic E-state index is 0.583. The lowest BCUT2D eigenvalue weighted by Gasteiger charge is -2.08. The number of hydrogen-bond donors (Lipinski definition) is 1. The molecular weight excluding hydrogens is 188 g/mol. The van der Waals surface area contributed by atoms with Gasteiger partial charge in [-0.15, -0.1) is 0 Å². The third-order valence-electron chi connectivity index (χ3n) is 2.52. The molecule has 0 fully saturated rings. The Kier molecular flexibility index (Phi) is 2.88. The predicted octanol–water partition coefficient (Wildman–Crippen LogP) is 2.92. The standard InChI is InChI=1S/C13H14O2/c1-2-10-5-7-11(8-6-10)13(14)12-4-3-9-15-12/h3-9,13-14H,2H2,1H3/t13-/m0/s1. The van der Waals surface area contributed by atoms with Gasteiger partial charge in [-0.25, -0.2) is 0 Å². The van der Waals surface area contributed by atoms with Gasteiger partial charge in [-0.3, -0.25) is 0 Å². The summed E-state index contributed by atoms with van der Waals surface area (Å²) in [6.45, 7) is 2.11. The highest BCUT2D eigenvalue weighted by atomic mass is 16.4. The Morgan fingerprint density at radius 2 is 1.93 bits per heavy atom. The molecule has 2 heteroatoms. The van der Waals surface area contributed by atoms with E-state index in [0.29, 0.717) is 5.76 Å². The number of rotatable bonds is 3. The first-order valence-corrected chi connectivity index (χ1v) is 5.11. The zero-order chi connectivity index (χ0) is 10.7. The summed E-state index contributed by atoms with van der Waals surface area (Å²) in [7, 11) is 0. The van der Waals surface area contributed by atoms with Gasteiger partial charge in [0.25, 0.3) is 0 Å². The number of furan rings is 1. The number of aliphatic hydroxyl groups excluding tert-OH is 1. The molecule has 1 aromatic carbocycles. The highest BCUT2D eigenvalue weighted by Gasteiger charge is 2.12. The number of hydrogen-bond acceptors (Lipinski definition) is 2. The van der Waals surface area contributed by atoms with Crippen LogP contribution in [0.2, 0.25) is 0 Å². The van der Waals surface area contributed by atoms with Crippen molar-refractivity contribution in [2.45, 2.75) is 19.4 Å². The second kappa shape index (κ2) is 4.32. The van der Waals surface area contributed by atoms with Crippen molar-refractivity contribution in [3.63, 3.8) is 0 Å². The normalized spacial score (nSPS) is 12.7. The third-order valence-corrected chi connectivity index (χ3v) is 2.52. The van der Waals surface area contributed by atoms with Crippen molar-refractivity contribution in [2.75, 3.05) is 0 Å². The molecule has 78 valence electrons. The molecule has 2 aromatic rings. The molecule has 0 saturated carbocycles. The van der Waals surface area contributed by atoms with E-state index in [4.69, 9.17) is 4.42 Å². The van der Waals surface area contributed by atoms with Crippen LogP contribution in [0.25, 0.3) is 0 Å². The summed E-state index contributed by atoms with van der Waals surface area (Å²) in [4.78, 5) is 0. The molecule has 2 rings (SSSR count). The maximum absolute atomic E-state index is 9.95. The lowest BCUT2D eigenvalue weighted by molar-refractivity contribution is 0.189. The Morgan fingerprint density at radius 1 is 1.20 bits per heavy atom. The summed E-state index contributed by atoms with van der Waals surface area (Å²) in [5.41, 5.74) is 2.13. The molecule has 2 nitrogen and oxygen atoms in total. The van der Waals surface area contributed by atoms with Crippen molar-refractivity contribution in [1.82, 2.24) is 0 Å². The highest BCUT2D eigenvalue weighted by Crippen LogP contribution is 2.22. The predicted molar refractivity (Wildman–Crippen MR) is 58.6 cm³/mol. The molecule has 0 aliphatic heterocycles. The fourth-order valence-corrected chi connectivity index (χ4v) is 1.55. The van der Waals surface area contributed by atoms with Gasteiger partial charge in [0.05, 0.1) is 6.26 Å². The van der Waals surface area contributed by atoms with E-state index in [1.807, 2.05) is 24.3 Å². The van der Waals surface area contributed by atoms with Crippen molar-refractivity contribution in [1.29, 1.82) is 0 Å². The quantitative estimate of drug-likeness (QED) is 0.830. The van der Waals surface area contributed by atoms with Gasteiger partial charge < -0.3 is 9.52 Å². The van der Waals surface area contributed by atoms with Crippen LogP contribution in [0.4, 0.5) is 0 Å². The van der Waals surface area contributed by atoms with Gasteiger partial charge >= 0.3 is 0 Å². The van der Waals surface area contributed by atoms with Crippen molar-refractivity contribution >= 4 is 0 Å². The fourth-order valence-electron chi connectivity index (χ4n) is 1.55. The van der Waals surface area contributed by atoms with Crippen LogP contribution in [0.3, 0.4) is 0 Å². The van der Waals surface area contributed by atoms with Crippen LogP contribution in [0.1, 0.15) is 29.9 Å². The van der Waals surface area contributed by atoms with Gasteiger partial charge in [-0.1, -0.05) is 31.2 Å². The van der Waals surface area contributed by atoms with Crippen molar-refractivity contribution in [3.05, 3.63) is 59.5 Å². The maximum atomic E-state index is 9.95. The van der Waals surface area contributed by atoms with Crippen LogP contribution in [-0.2, 0) is 6.42 Å². The topological polar surface area (TPSA) is 33.4 Å². The number of aryl methyl sites for hydroxylation is 1. The Balaban J connectivity index is 2.22. The van der Waals surface area contributed by atoms with E-state index in [1.165, 1.54) is 5.56 Å². The zero-order valence-corrected chi connectivity index (χ0v) is 8.68. The first kappa shape index (κ1) is 9.99. The Hall–Kier alpha value is -1.54. The Labute approximate surface area is 89.2 Å². The first-order valence-electron chi connectivity index (χ1n) is 5.11. The molecule has 0 saturated heterocycles. The van der Waals surface area contributed by atoms with Crippen molar-refractivity contribution in [2.24, 2.45) is 0 Å². The average Bonchev–Trinajstić information content (AvgIpc) is 2.82. The SMILES string of the molecule is CCc1ccc([C@H](O)c2ccco2)cc1. The van der Waals surface area contributed by atoms with E-state index in [-0.39, 0.29) is 0 Å². The lowest BCUT2D eigenvalue weighted by atomic mass is 10.0. The van der Waals surface area contributed by atoms with Gasteiger partial charge in [0.15, 0.2) is 0 Å². The van der Waals surface area contributed by atoms with E-state index in [2.05, 4.69) is 6.92 Å². The second-order valence-electron chi connectivity index (χ2n) is 3.51. The van der Waals surface area contributed by atoms with Crippen LogP contribution >= 0.6 is 0 Å². The Morgan fingerprint density at radius 3 is 2.47 bits per heavy atom. The van der Waals surface area contributed by atoms with Crippen LogP contribution in [0.5, 0.6) is 0 Å². The molecular formula is C13H14O2. The molecule has 15 heavy (non-hydrogen) atoms. The van der Waals surface area contributed by atoms with E-state index in [1.54, 1.807) is 18.4 Å². The summed E-state index contributed by atoms with van der Waals surface area (Å²) in [5, 5.41) is 9.95. The molecule has 0 amide bonds. The summed E-state index contributed by atoms with van der Waals surface area (Å²) in [6, 6.07) is 11.5. The smallest absolute Gasteiger partial charge is 0.137 e. The van der Waals surface area contributed by atoms with E-state index < -0.39 is 6.10 Å². The largest absolute Gasteiger partial charge is 0.466 e. The molecule has 0 radical (unpaired) electrons. The van der Waals surface area contributed by atoms with Gasteiger partial charge in [0.1, 0.15) is 11.9 Å². The lowest BCUT2D eigenvalue weighted by Crippen LogP contribution is -1.97. The monoisotopic (exact) mass is 202 g/mol. The minimum atomic E-state index is -0.661. The second-order valence-corrected chi connectivity index (χ2v) is 3.51. The average molecular weight is 202 g/mol. The zero-order valence-electron chi connectivity index (χ0n) is 8.68. The molecule has 0 bridgehead atoms. The molecule has 1 N–H and O–H groups in total. The minimum Gasteiger partial charge on any atom is -0.466 e. The third kappa shape index (κ3) is 2.10. The van der Waals surface area contributed by atoms with Crippen LogP contribution in [-0.4, -0.2) is 5.11 Å². The molecule has 0 aliphatic rings. The summed E-state index contributed by atoms with van der Waals surface area (Å²) in [6.07, 6.45) is 1.92. The van der Waals surface area contributed by atoms with Crippen LogP contribution in [0.15, 0.2) is 47.1 Å². The molecule has 0 aliphatic carbocycles. The fraction of sp³-hybridized carbons (Fsp3) is 0.231. The molecule has 0 spiro atoms. The molecule has 0 unspecified atom stereocenters. The van der Waals surface area contributed by atoms with Gasteiger partial charge in [0.2, 0.25) is 0 Å². The first-order chi connectivity index (χ1) is 7.31. The van der Waals surface area contributed by atoms with Crippen LogP contribution < -0.4 is 0 Å². The van der Waals surface area contributed by atoms with E-state index >= 15 is 0 Å². The molecule has 1 heterocycles. The van der Waals surface area contributed by atoms with E-state index in [9.17, 15) is 5.11 Å². The van der Waals surface area contributed by atoms with Gasteiger partial charge in [-0.2, -0.15) is 0 Å². The molecule has 1 atom stereocenters. The van der Waals surface area contributed by atoms with Gasteiger partial charge in [-0.05, 0) is 29.7 Å². The van der Waals surface area contributed by atoms with Crippen molar-refractivity contribution in [3.8, 4) is 0 Å². The number of aliphatic hydroxyl groups is 1.